The Hall–Kier alpha value is -2.28. The van der Waals surface area contributed by atoms with Gasteiger partial charge in [-0.1, -0.05) is 0 Å². The van der Waals surface area contributed by atoms with Crippen molar-refractivity contribution in [1.82, 2.24) is 20.2 Å². The van der Waals surface area contributed by atoms with Crippen molar-refractivity contribution in [1.29, 1.82) is 0 Å². The number of carbonyl (C=O) groups excluding carboxylic acids is 2. The molecule has 25 heavy (non-hydrogen) atoms. The van der Waals surface area contributed by atoms with Crippen molar-refractivity contribution in [3.63, 3.8) is 0 Å². The third kappa shape index (κ3) is 4.42. The Morgan fingerprint density at radius 2 is 2.20 bits per heavy atom. The molecule has 3 heterocycles. The molecule has 1 atom stereocenters. The molecule has 2 aromatic rings. The van der Waals surface area contributed by atoms with E-state index in [4.69, 9.17) is 0 Å². The summed E-state index contributed by atoms with van der Waals surface area (Å²) in [5.74, 6) is 0.0366. The smallest absolute Gasteiger partial charge is 0.225 e. The van der Waals surface area contributed by atoms with Crippen LogP contribution in [-0.2, 0) is 22.6 Å². The zero-order valence-corrected chi connectivity index (χ0v) is 15.3. The van der Waals surface area contributed by atoms with E-state index in [1.54, 1.807) is 30.7 Å². The second-order valence-electron chi connectivity index (χ2n) is 6.27. The van der Waals surface area contributed by atoms with Gasteiger partial charge >= 0.3 is 0 Å². The molecule has 132 valence electrons. The summed E-state index contributed by atoms with van der Waals surface area (Å²) >= 11 is 1.63. The molecule has 1 fully saturated rings. The molecule has 0 radical (unpaired) electrons. The normalized spacial score (nSPS) is 16.9. The van der Waals surface area contributed by atoms with Crippen LogP contribution in [0.4, 0.5) is 0 Å². The summed E-state index contributed by atoms with van der Waals surface area (Å²) in [4.78, 5) is 36.7. The molecule has 7 heteroatoms. The number of nitrogens with zero attached hydrogens (tertiary/aromatic N) is 3. The van der Waals surface area contributed by atoms with Crippen molar-refractivity contribution in [2.24, 2.45) is 0 Å². The van der Waals surface area contributed by atoms with Gasteiger partial charge in [0.2, 0.25) is 11.8 Å². The quantitative estimate of drug-likeness (QED) is 0.890. The summed E-state index contributed by atoms with van der Waals surface area (Å²) in [6, 6.07) is 4.00. The second-order valence-corrected chi connectivity index (χ2v) is 7.64. The van der Waals surface area contributed by atoms with Crippen LogP contribution in [0.25, 0.3) is 0 Å². The minimum Gasteiger partial charge on any atom is -0.350 e. The molecule has 0 aromatic carbocycles. The molecule has 0 unspecified atom stereocenters. The van der Waals surface area contributed by atoms with Crippen LogP contribution in [0.2, 0.25) is 0 Å². The summed E-state index contributed by atoms with van der Waals surface area (Å²) in [6.45, 7) is 4.72. The highest BCUT2D eigenvalue weighted by atomic mass is 32.1. The zero-order valence-electron chi connectivity index (χ0n) is 14.5. The minimum atomic E-state index is -0.0275. The van der Waals surface area contributed by atoms with Crippen LogP contribution in [0.5, 0.6) is 0 Å². The first-order valence-electron chi connectivity index (χ1n) is 8.43. The lowest BCUT2D eigenvalue weighted by Crippen LogP contribution is -2.29. The third-order valence-corrected chi connectivity index (χ3v) is 5.30. The summed E-state index contributed by atoms with van der Waals surface area (Å²) < 4.78 is 0. The highest BCUT2D eigenvalue weighted by Crippen LogP contribution is 2.30. The number of carbonyl (C=O) groups is 2. The van der Waals surface area contributed by atoms with Gasteiger partial charge < -0.3 is 10.2 Å². The molecule has 1 saturated heterocycles. The van der Waals surface area contributed by atoms with Crippen LogP contribution in [-0.4, -0.2) is 33.2 Å². The van der Waals surface area contributed by atoms with Gasteiger partial charge in [-0.3, -0.25) is 19.6 Å². The van der Waals surface area contributed by atoms with E-state index < -0.39 is 0 Å². The molecule has 0 spiro atoms. The number of rotatable bonds is 5. The number of likely N-dealkylation sites (tertiary alicyclic amines) is 1. The summed E-state index contributed by atoms with van der Waals surface area (Å²) in [5, 5.41) is 2.89. The van der Waals surface area contributed by atoms with Gasteiger partial charge in [-0.05, 0) is 31.9 Å². The lowest BCUT2D eigenvalue weighted by Gasteiger charge is -2.22. The van der Waals surface area contributed by atoms with Crippen LogP contribution >= 0.6 is 11.3 Å². The molecule has 6 nitrogen and oxygen atoms in total. The van der Waals surface area contributed by atoms with Crippen molar-refractivity contribution in [3.05, 3.63) is 45.7 Å². The Bertz CT molecular complexity index is 774. The number of nitrogens with one attached hydrogen (secondary N) is 1. The average Bonchev–Trinajstić information content (AvgIpc) is 3.22. The molecule has 1 N–H and O–H groups in total. The van der Waals surface area contributed by atoms with Gasteiger partial charge in [-0.15, -0.1) is 11.3 Å². The van der Waals surface area contributed by atoms with Gasteiger partial charge in [0, 0.05) is 23.2 Å². The molecule has 0 saturated carbocycles. The number of aryl methyl sites for hydroxylation is 1. The van der Waals surface area contributed by atoms with Gasteiger partial charge in [-0.25, -0.2) is 0 Å². The Balaban J connectivity index is 1.60. The van der Waals surface area contributed by atoms with E-state index in [1.165, 1.54) is 4.88 Å². The van der Waals surface area contributed by atoms with E-state index in [0.717, 1.165) is 30.0 Å². The van der Waals surface area contributed by atoms with Crippen LogP contribution < -0.4 is 5.32 Å². The number of amides is 2. The summed E-state index contributed by atoms with van der Waals surface area (Å²) in [6.07, 6.45) is 5.64. The first-order valence-corrected chi connectivity index (χ1v) is 9.24. The van der Waals surface area contributed by atoms with Gasteiger partial charge in [0.25, 0.3) is 0 Å². The van der Waals surface area contributed by atoms with Crippen LogP contribution in [0.3, 0.4) is 0 Å². The number of aromatic nitrogens is 2. The standard InChI is InChI=1S/C18H22N4O2S/c1-12-5-6-15(25-12)8-18(24)20-10-14-9-19-11-16(21-14)17-4-3-7-22(17)13(2)23/h5-6,9,11,17H,3-4,7-8,10H2,1-2H3,(H,20,24)/t17-/m0/s1. The molecule has 1 aliphatic heterocycles. The van der Waals surface area contributed by atoms with E-state index in [-0.39, 0.29) is 17.9 Å². The van der Waals surface area contributed by atoms with Gasteiger partial charge in [0.1, 0.15) is 0 Å². The predicted molar refractivity (Wildman–Crippen MR) is 96.0 cm³/mol. The number of thiophene rings is 1. The fourth-order valence-corrected chi connectivity index (χ4v) is 4.00. The monoisotopic (exact) mass is 358 g/mol. The highest BCUT2D eigenvalue weighted by Gasteiger charge is 2.29. The topological polar surface area (TPSA) is 75.2 Å². The number of hydrogen-bond donors (Lipinski definition) is 1. The number of hydrogen-bond acceptors (Lipinski definition) is 5. The maximum absolute atomic E-state index is 12.1. The molecule has 2 amide bonds. The van der Waals surface area contributed by atoms with Crippen molar-refractivity contribution < 1.29 is 9.59 Å². The molecular weight excluding hydrogens is 336 g/mol. The second kappa shape index (κ2) is 7.74. The van der Waals surface area contributed by atoms with Crippen molar-refractivity contribution in [3.8, 4) is 0 Å². The lowest BCUT2D eigenvalue weighted by atomic mass is 10.1. The molecule has 0 aliphatic carbocycles. The minimum absolute atomic E-state index is 0.00487. The Labute approximate surface area is 151 Å². The zero-order chi connectivity index (χ0) is 17.8. The van der Waals surface area contributed by atoms with Crippen molar-refractivity contribution in [2.45, 2.75) is 45.7 Å². The molecule has 2 aromatic heterocycles. The van der Waals surface area contributed by atoms with Gasteiger partial charge in [-0.2, -0.15) is 0 Å². The maximum Gasteiger partial charge on any atom is 0.225 e. The lowest BCUT2D eigenvalue weighted by molar-refractivity contribution is -0.129. The average molecular weight is 358 g/mol. The SMILES string of the molecule is CC(=O)N1CCC[C@H]1c1cncc(CNC(=O)Cc2ccc(C)s2)n1. The van der Waals surface area contributed by atoms with E-state index in [1.807, 2.05) is 24.0 Å². The van der Waals surface area contributed by atoms with E-state index in [2.05, 4.69) is 15.3 Å². The first-order chi connectivity index (χ1) is 12.0. The van der Waals surface area contributed by atoms with Gasteiger partial charge in [0.05, 0.1) is 42.8 Å². The fraction of sp³-hybridized carbons (Fsp3) is 0.444. The van der Waals surface area contributed by atoms with Crippen LogP contribution in [0, 0.1) is 6.92 Å². The van der Waals surface area contributed by atoms with E-state index >= 15 is 0 Å². The summed E-state index contributed by atoms with van der Waals surface area (Å²) in [5.41, 5.74) is 1.51. The van der Waals surface area contributed by atoms with E-state index in [9.17, 15) is 9.59 Å². The van der Waals surface area contributed by atoms with Crippen molar-refractivity contribution >= 4 is 23.2 Å². The Kier molecular flexibility index (Phi) is 5.43. The first kappa shape index (κ1) is 17.5. The van der Waals surface area contributed by atoms with E-state index in [0.29, 0.717) is 18.7 Å². The fourth-order valence-electron chi connectivity index (χ4n) is 3.11. The largest absolute Gasteiger partial charge is 0.350 e. The highest BCUT2D eigenvalue weighted by molar-refractivity contribution is 7.12. The van der Waals surface area contributed by atoms with Crippen LogP contribution in [0.15, 0.2) is 24.5 Å². The maximum atomic E-state index is 12.1. The molecular formula is C18H22N4O2S. The Morgan fingerprint density at radius 3 is 2.92 bits per heavy atom. The molecule has 3 rings (SSSR count). The molecule has 1 aliphatic rings. The third-order valence-electron chi connectivity index (χ3n) is 4.30. The predicted octanol–water partition coefficient (Wildman–Crippen LogP) is 2.39. The van der Waals surface area contributed by atoms with Crippen LogP contribution in [0.1, 0.15) is 46.9 Å². The molecule has 0 bridgehead atoms. The van der Waals surface area contributed by atoms with Crippen molar-refractivity contribution in [2.75, 3.05) is 6.54 Å². The summed E-state index contributed by atoms with van der Waals surface area (Å²) in [7, 11) is 0. The van der Waals surface area contributed by atoms with Gasteiger partial charge in [0.15, 0.2) is 0 Å². The Morgan fingerprint density at radius 1 is 1.36 bits per heavy atom.